The van der Waals surface area contributed by atoms with Gasteiger partial charge in [0, 0.05) is 25.8 Å². The number of ether oxygens (including phenoxy) is 2. The third-order valence-electron chi connectivity index (χ3n) is 3.36. The number of aryl methyl sites for hydroxylation is 1. The molecule has 0 aromatic heterocycles. The number of hydrogen-bond acceptors (Lipinski definition) is 4. The number of benzene rings is 1. The van der Waals surface area contributed by atoms with Crippen LogP contribution in [0.15, 0.2) is 18.2 Å². The fourth-order valence-corrected chi connectivity index (χ4v) is 2.33. The maximum atomic E-state index is 12.5. The Hall–Kier alpha value is -1.90. The zero-order valence-electron chi connectivity index (χ0n) is 11.8. The summed E-state index contributed by atoms with van der Waals surface area (Å²) in [7, 11) is 1.62. The van der Waals surface area contributed by atoms with Crippen molar-refractivity contribution in [3.63, 3.8) is 0 Å². The van der Waals surface area contributed by atoms with Gasteiger partial charge >= 0.3 is 0 Å². The smallest absolute Gasteiger partial charge is 0.254 e. The molecule has 1 unspecified atom stereocenters. The standard InChI is InChI=1S/C15H18N2O3/c1-11-7-12(8-16)3-4-14(11)15(18)17-5-6-20-13(9-17)10-19-2/h3-4,7,13H,5-6,9-10H2,1-2H3. The predicted molar refractivity (Wildman–Crippen MR) is 73.4 cm³/mol. The van der Waals surface area contributed by atoms with E-state index in [2.05, 4.69) is 6.07 Å². The van der Waals surface area contributed by atoms with Crippen LogP contribution in [0.5, 0.6) is 0 Å². The van der Waals surface area contributed by atoms with Gasteiger partial charge in [-0.1, -0.05) is 0 Å². The number of amides is 1. The average Bonchev–Trinajstić information content (AvgIpc) is 2.47. The second-order valence-corrected chi connectivity index (χ2v) is 4.84. The van der Waals surface area contributed by atoms with Crippen molar-refractivity contribution < 1.29 is 14.3 Å². The van der Waals surface area contributed by atoms with E-state index in [9.17, 15) is 4.79 Å². The van der Waals surface area contributed by atoms with Gasteiger partial charge in [0.1, 0.15) is 0 Å². The first kappa shape index (κ1) is 14.5. The third-order valence-corrected chi connectivity index (χ3v) is 3.36. The Morgan fingerprint density at radius 2 is 2.40 bits per heavy atom. The van der Waals surface area contributed by atoms with E-state index < -0.39 is 0 Å². The van der Waals surface area contributed by atoms with E-state index in [0.29, 0.717) is 37.4 Å². The molecule has 106 valence electrons. The first-order valence-corrected chi connectivity index (χ1v) is 6.56. The fourth-order valence-electron chi connectivity index (χ4n) is 2.33. The second kappa shape index (κ2) is 6.51. The van der Waals surface area contributed by atoms with Crippen LogP contribution in [0, 0.1) is 18.3 Å². The van der Waals surface area contributed by atoms with Gasteiger partial charge in [-0.2, -0.15) is 5.26 Å². The lowest BCUT2D eigenvalue weighted by Crippen LogP contribution is -2.47. The van der Waals surface area contributed by atoms with Crippen LogP contribution in [0.4, 0.5) is 0 Å². The highest BCUT2D eigenvalue weighted by Crippen LogP contribution is 2.15. The maximum Gasteiger partial charge on any atom is 0.254 e. The molecule has 20 heavy (non-hydrogen) atoms. The number of hydrogen-bond donors (Lipinski definition) is 0. The van der Waals surface area contributed by atoms with Gasteiger partial charge in [0.15, 0.2) is 0 Å². The highest BCUT2D eigenvalue weighted by Gasteiger charge is 2.25. The van der Waals surface area contributed by atoms with Crippen molar-refractivity contribution in [3.8, 4) is 6.07 Å². The zero-order chi connectivity index (χ0) is 14.5. The molecule has 1 aromatic rings. The normalized spacial score (nSPS) is 18.6. The van der Waals surface area contributed by atoms with Gasteiger partial charge in [0.2, 0.25) is 0 Å². The summed E-state index contributed by atoms with van der Waals surface area (Å²) >= 11 is 0. The largest absolute Gasteiger partial charge is 0.382 e. The minimum Gasteiger partial charge on any atom is -0.382 e. The minimum absolute atomic E-state index is 0.0172. The highest BCUT2D eigenvalue weighted by atomic mass is 16.5. The van der Waals surface area contributed by atoms with E-state index in [-0.39, 0.29) is 12.0 Å². The summed E-state index contributed by atoms with van der Waals surface area (Å²) in [6.45, 7) is 3.97. The van der Waals surface area contributed by atoms with Gasteiger partial charge in [-0.05, 0) is 30.7 Å². The van der Waals surface area contributed by atoms with E-state index in [4.69, 9.17) is 14.7 Å². The number of carbonyl (C=O) groups excluding carboxylic acids is 1. The van der Waals surface area contributed by atoms with E-state index in [1.54, 1.807) is 30.2 Å². The average molecular weight is 274 g/mol. The van der Waals surface area contributed by atoms with Crippen LogP contribution in [0.25, 0.3) is 0 Å². The molecule has 1 atom stereocenters. The van der Waals surface area contributed by atoms with E-state index in [1.165, 1.54) is 0 Å². The molecule has 0 aliphatic carbocycles. The first-order valence-electron chi connectivity index (χ1n) is 6.56. The van der Waals surface area contributed by atoms with Crippen molar-refractivity contribution in [2.75, 3.05) is 33.4 Å². The van der Waals surface area contributed by atoms with Crippen LogP contribution < -0.4 is 0 Å². The molecule has 5 nitrogen and oxygen atoms in total. The summed E-state index contributed by atoms with van der Waals surface area (Å²) in [6.07, 6.45) is -0.0728. The van der Waals surface area contributed by atoms with Crippen molar-refractivity contribution in [2.24, 2.45) is 0 Å². The third kappa shape index (κ3) is 3.16. The molecule has 1 aliphatic heterocycles. The molecule has 0 radical (unpaired) electrons. The Labute approximate surface area is 118 Å². The SMILES string of the molecule is COCC1CN(C(=O)c2ccc(C#N)cc2C)CCO1. The molecule has 1 fully saturated rings. The second-order valence-electron chi connectivity index (χ2n) is 4.84. The monoisotopic (exact) mass is 274 g/mol. The Balaban J connectivity index is 2.13. The molecule has 5 heteroatoms. The van der Waals surface area contributed by atoms with Crippen molar-refractivity contribution >= 4 is 5.91 Å². The molecular formula is C15H18N2O3. The minimum atomic E-state index is -0.0728. The number of carbonyl (C=O) groups is 1. The van der Waals surface area contributed by atoms with Gasteiger partial charge < -0.3 is 14.4 Å². The van der Waals surface area contributed by atoms with Crippen molar-refractivity contribution in [2.45, 2.75) is 13.0 Å². The molecule has 0 saturated carbocycles. The lowest BCUT2D eigenvalue weighted by atomic mass is 10.0. The molecule has 1 amide bonds. The molecule has 1 aliphatic rings. The van der Waals surface area contributed by atoms with Crippen molar-refractivity contribution in [3.05, 3.63) is 34.9 Å². The summed E-state index contributed by atoms with van der Waals surface area (Å²) in [5.41, 5.74) is 2.03. The Morgan fingerprint density at radius 3 is 3.05 bits per heavy atom. The number of nitrogens with zero attached hydrogens (tertiary/aromatic N) is 2. The van der Waals surface area contributed by atoms with Crippen LogP contribution in [0.1, 0.15) is 21.5 Å². The van der Waals surface area contributed by atoms with Crippen molar-refractivity contribution in [1.82, 2.24) is 4.90 Å². The molecule has 2 rings (SSSR count). The van der Waals surface area contributed by atoms with Gasteiger partial charge in [0.05, 0.1) is 31.0 Å². The molecule has 1 saturated heterocycles. The predicted octanol–water partition coefficient (Wildman–Crippen LogP) is 1.35. The number of nitriles is 1. The lowest BCUT2D eigenvalue weighted by molar-refractivity contribution is -0.0531. The summed E-state index contributed by atoms with van der Waals surface area (Å²) in [4.78, 5) is 14.3. The summed E-state index contributed by atoms with van der Waals surface area (Å²) in [5, 5.41) is 8.86. The summed E-state index contributed by atoms with van der Waals surface area (Å²) in [6, 6.07) is 7.21. The molecule has 0 spiro atoms. The van der Waals surface area contributed by atoms with E-state index in [0.717, 1.165) is 5.56 Å². The van der Waals surface area contributed by atoms with Gasteiger partial charge in [-0.3, -0.25) is 4.79 Å². The summed E-state index contributed by atoms with van der Waals surface area (Å²) < 4.78 is 10.6. The number of methoxy groups -OCH3 is 1. The molecule has 1 heterocycles. The topological polar surface area (TPSA) is 62.6 Å². The fraction of sp³-hybridized carbons (Fsp3) is 0.467. The number of rotatable bonds is 3. The van der Waals surface area contributed by atoms with Gasteiger partial charge in [0.25, 0.3) is 5.91 Å². The summed E-state index contributed by atoms with van der Waals surface area (Å²) in [5.74, 6) is -0.0172. The first-order chi connectivity index (χ1) is 9.65. The zero-order valence-corrected chi connectivity index (χ0v) is 11.8. The van der Waals surface area contributed by atoms with Crippen LogP contribution in [0.3, 0.4) is 0 Å². The van der Waals surface area contributed by atoms with E-state index in [1.807, 2.05) is 6.92 Å². The molecule has 1 aromatic carbocycles. The van der Waals surface area contributed by atoms with Gasteiger partial charge in [-0.15, -0.1) is 0 Å². The Kier molecular flexibility index (Phi) is 4.72. The maximum absolute atomic E-state index is 12.5. The molecule has 0 bridgehead atoms. The number of morpholine rings is 1. The highest BCUT2D eigenvalue weighted by molar-refractivity contribution is 5.95. The van der Waals surface area contributed by atoms with Gasteiger partial charge in [-0.25, -0.2) is 0 Å². The lowest BCUT2D eigenvalue weighted by Gasteiger charge is -2.33. The molecule has 0 N–H and O–H groups in total. The quantitative estimate of drug-likeness (QED) is 0.834. The Morgan fingerprint density at radius 1 is 1.60 bits per heavy atom. The van der Waals surface area contributed by atoms with Crippen molar-refractivity contribution in [1.29, 1.82) is 5.26 Å². The Bertz CT molecular complexity index is 534. The van der Waals surface area contributed by atoms with Crippen LogP contribution in [-0.4, -0.2) is 50.3 Å². The van der Waals surface area contributed by atoms with Crippen LogP contribution >= 0.6 is 0 Å². The molecular weight excluding hydrogens is 256 g/mol. The van der Waals surface area contributed by atoms with E-state index >= 15 is 0 Å². The van der Waals surface area contributed by atoms with Crippen LogP contribution in [0.2, 0.25) is 0 Å². The van der Waals surface area contributed by atoms with Crippen LogP contribution in [-0.2, 0) is 9.47 Å².